The first-order chi connectivity index (χ1) is 10.9. The fourth-order valence-corrected chi connectivity index (χ4v) is 3.50. The summed E-state index contributed by atoms with van der Waals surface area (Å²) in [5, 5.41) is 3.04. The van der Waals surface area contributed by atoms with E-state index in [0.717, 1.165) is 10.7 Å². The highest BCUT2D eigenvalue weighted by molar-refractivity contribution is 7.09. The molecule has 1 amide bonds. The molecule has 0 bridgehead atoms. The molecule has 0 aromatic carbocycles. The van der Waals surface area contributed by atoms with Crippen molar-refractivity contribution in [2.24, 2.45) is 0 Å². The minimum absolute atomic E-state index is 0.0334. The third-order valence-corrected chi connectivity index (χ3v) is 5.11. The largest absolute Gasteiger partial charge is 0.381 e. The Morgan fingerprint density at radius 2 is 2.39 bits per heavy atom. The van der Waals surface area contributed by atoms with Crippen LogP contribution in [-0.2, 0) is 16.1 Å². The van der Waals surface area contributed by atoms with Crippen molar-refractivity contribution in [2.75, 3.05) is 27.2 Å². The first kappa shape index (κ1) is 18.3. The van der Waals surface area contributed by atoms with Gasteiger partial charge in [0.05, 0.1) is 23.2 Å². The summed E-state index contributed by atoms with van der Waals surface area (Å²) in [7, 11) is 3.38. The first-order valence-corrected chi connectivity index (χ1v) is 8.83. The van der Waals surface area contributed by atoms with E-state index in [0.29, 0.717) is 32.5 Å². The van der Waals surface area contributed by atoms with Crippen LogP contribution in [0.5, 0.6) is 0 Å². The summed E-state index contributed by atoms with van der Waals surface area (Å²) in [4.78, 5) is 20.4. The number of thiazole rings is 1. The van der Waals surface area contributed by atoms with Crippen LogP contribution in [0.25, 0.3) is 0 Å². The molecule has 2 rings (SSSR count). The molecule has 0 saturated carbocycles. The van der Waals surface area contributed by atoms with E-state index in [4.69, 9.17) is 4.74 Å². The molecule has 7 heteroatoms. The molecule has 0 radical (unpaired) electrons. The fraction of sp³-hybridized carbons (Fsp3) is 0.750. The maximum absolute atomic E-state index is 13.9. The van der Waals surface area contributed by atoms with Crippen molar-refractivity contribution in [3.05, 3.63) is 16.1 Å². The van der Waals surface area contributed by atoms with E-state index in [2.05, 4.69) is 9.88 Å². The summed E-state index contributed by atoms with van der Waals surface area (Å²) >= 11 is 1.61. The molecule has 1 aromatic heterocycles. The number of aromatic nitrogens is 1. The summed E-state index contributed by atoms with van der Waals surface area (Å²) in [5.74, 6) is 0.0334. The molecule has 1 saturated heterocycles. The molecule has 1 aliphatic rings. The summed E-state index contributed by atoms with van der Waals surface area (Å²) in [6.07, 6.45) is -0.109. The van der Waals surface area contributed by atoms with Crippen molar-refractivity contribution >= 4 is 17.2 Å². The van der Waals surface area contributed by atoms with Crippen molar-refractivity contribution in [2.45, 2.75) is 51.6 Å². The van der Waals surface area contributed by atoms with E-state index >= 15 is 0 Å². The highest BCUT2D eigenvalue weighted by Crippen LogP contribution is 2.24. The topological polar surface area (TPSA) is 45.7 Å². The molecule has 1 fully saturated rings. The van der Waals surface area contributed by atoms with Crippen LogP contribution in [0.4, 0.5) is 4.39 Å². The van der Waals surface area contributed by atoms with Crippen molar-refractivity contribution in [3.8, 4) is 0 Å². The third-order valence-electron chi connectivity index (χ3n) is 4.28. The monoisotopic (exact) mass is 343 g/mol. The Bertz CT molecular complexity index is 525. The molecule has 1 unspecified atom stereocenters. The summed E-state index contributed by atoms with van der Waals surface area (Å²) < 4.78 is 19.0. The van der Waals surface area contributed by atoms with Crippen LogP contribution >= 0.6 is 11.3 Å². The summed E-state index contributed by atoms with van der Waals surface area (Å²) in [6, 6.07) is 0.0406. The zero-order chi connectivity index (χ0) is 17.0. The number of nitrogens with zero attached hydrogens (tertiary/aromatic N) is 3. The van der Waals surface area contributed by atoms with Gasteiger partial charge in [0.25, 0.3) is 0 Å². The lowest BCUT2D eigenvalue weighted by Gasteiger charge is -2.28. The molecule has 0 spiro atoms. The van der Waals surface area contributed by atoms with Gasteiger partial charge < -0.3 is 9.64 Å². The van der Waals surface area contributed by atoms with Crippen LogP contribution in [0.2, 0.25) is 0 Å². The van der Waals surface area contributed by atoms with Gasteiger partial charge in [0.1, 0.15) is 6.17 Å². The van der Waals surface area contributed by atoms with Crippen molar-refractivity contribution < 1.29 is 13.9 Å². The zero-order valence-electron chi connectivity index (χ0n) is 14.3. The quantitative estimate of drug-likeness (QED) is 0.762. The standard InChI is InChI=1S/C16H26FN3O2S/c1-11(22-4)5-16(21)19(3)9-15-6-13(17)7-20(15)8-14-10-23-12(2)18-14/h10-11,13,15H,5-9H2,1-4H3/t11?,13-,15-/m0/s1. The number of hydrogen-bond donors (Lipinski definition) is 0. The van der Waals surface area contributed by atoms with Gasteiger partial charge in [-0.05, 0) is 20.3 Å². The molecular formula is C16H26FN3O2S. The van der Waals surface area contributed by atoms with E-state index in [-0.39, 0.29) is 18.1 Å². The predicted octanol–water partition coefficient (Wildman–Crippen LogP) is 2.25. The fourth-order valence-electron chi connectivity index (χ4n) is 2.90. The second-order valence-electron chi connectivity index (χ2n) is 6.30. The van der Waals surface area contributed by atoms with Gasteiger partial charge in [0.15, 0.2) is 0 Å². The van der Waals surface area contributed by atoms with Gasteiger partial charge in [-0.3, -0.25) is 9.69 Å². The Morgan fingerprint density at radius 3 is 3.00 bits per heavy atom. The van der Waals surface area contributed by atoms with Gasteiger partial charge in [0, 0.05) is 45.2 Å². The van der Waals surface area contributed by atoms with Crippen LogP contribution in [0.3, 0.4) is 0 Å². The molecule has 1 aliphatic heterocycles. The van der Waals surface area contributed by atoms with Gasteiger partial charge in [0.2, 0.25) is 5.91 Å². The van der Waals surface area contributed by atoms with Crippen LogP contribution < -0.4 is 0 Å². The predicted molar refractivity (Wildman–Crippen MR) is 89.3 cm³/mol. The zero-order valence-corrected chi connectivity index (χ0v) is 15.1. The number of likely N-dealkylation sites (tertiary alicyclic amines) is 1. The molecule has 3 atom stereocenters. The van der Waals surface area contributed by atoms with Crippen molar-refractivity contribution in [1.29, 1.82) is 0 Å². The average Bonchev–Trinajstić information content (AvgIpc) is 3.05. The lowest BCUT2D eigenvalue weighted by Crippen LogP contribution is -2.41. The van der Waals surface area contributed by atoms with Crippen LogP contribution in [0, 0.1) is 6.92 Å². The van der Waals surface area contributed by atoms with Gasteiger partial charge in [-0.1, -0.05) is 0 Å². The van der Waals surface area contributed by atoms with E-state index in [9.17, 15) is 9.18 Å². The average molecular weight is 343 g/mol. The molecule has 0 N–H and O–H groups in total. The van der Waals surface area contributed by atoms with Gasteiger partial charge in [-0.15, -0.1) is 11.3 Å². The Morgan fingerprint density at radius 1 is 1.65 bits per heavy atom. The third kappa shape index (κ3) is 5.22. The maximum atomic E-state index is 13.9. The number of carbonyl (C=O) groups is 1. The SMILES string of the molecule is COC(C)CC(=O)N(C)C[C@@H]1C[C@H](F)CN1Cc1csc(C)n1. The summed E-state index contributed by atoms with van der Waals surface area (Å²) in [6.45, 7) is 5.44. The second-order valence-corrected chi connectivity index (χ2v) is 7.36. The van der Waals surface area contributed by atoms with E-state index in [1.54, 1.807) is 30.4 Å². The number of amides is 1. The smallest absolute Gasteiger partial charge is 0.224 e. The first-order valence-electron chi connectivity index (χ1n) is 7.95. The van der Waals surface area contributed by atoms with E-state index in [1.165, 1.54) is 0 Å². The molecule has 1 aromatic rings. The number of methoxy groups -OCH3 is 1. The minimum Gasteiger partial charge on any atom is -0.381 e. The molecule has 5 nitrogen and oxygen atoms in total. The second kappa shape index (κ2) is 8.17. The lowest BCUT2D eigenvalue weighted by molar-refractivity contribution is -0.132. The Hall–Kier alpha value is -1.05. The molecule has 23 heavy (non-hydrogen) atoms. The Labute approximate surface area is 141 Å². The van der Waals surface area contributed by atoms with Crippen LogP contribution in [-0.4, -0.2) is 66.3 Å². The highest BCUT2D eigenvalue weighted by atomic mass is 32.1. The van der Waals surface area contributed by atoms with Crippen LogP contribution in [0.15, 0.2) is 5.38 Å². The summed E-state index contributed by atoms with van der Waals surface area (Å²) in [5.41, 5.74) is 0.980. The number of hydrogen-bond acceptors (Lipinski definition) is 5. The van der Waals surface area contributed by atoms with Crippen LogP contribution in [0.1, 0.15) is 30.5 Å². The molecule has 2 heterocycles. The van der Waals surface area contributed by atoms with Gasteiger partial charge >= 0.3 is 0 Å². The Kier molecular flexibility index (Phi) is 6.50. The maximum Gasteiger partial charge on any atom is 0.224 e. The van der Waals surface area contributed by atoms with Crippen molar-refractivity contribution in [1.82, 2.24) is 14.8 Å². The normalized spacial score (nSPS) is 23.2. The Balaban J connectivity index is 1.92. The van der Waals surface area contributed by atoms with Gasteiger partial charge in [-0.2, -0.15) is 0 Å². The number of halogens is 1. The van der Waals surface area contributed by atoms with Gasteiger partial charge in [-0.25, -0.2) is 9.37 Å². The molecule has 130 valence electrons. The number of ether oxygens (including phenoxy) is 1. The number of alkyl halides is 1. The number of carbonyl (C=O) groups excluding carboxylic acids is 1. The number of likely N-dealkylation sites (N-methyl/N-ethyl adjacent to an activating group) is 1. The number of aryl methyl sites for hydroxylation is 1. The highest BCUT2D eigenvalue weighted by Gasteiger charge is 2.33. The molecular weight excluding hydrogens is 317 g/mol. The van der Waals surface area contributed by atoms with E-state index in [1.807, 2.05) is 19.2 Å². The van der Waals surface area contributed by atoms with E-state index < -0.39 is 6.17 Å². The number of rotatable bonds is 7. The lowest BCUT2D eigenvalue weighted by atomic mass is 10.1. The van der Waals surface area contributed by atoms with Crippen molar-refractivity contribution in [3.63, 3.8) is 0 Å². The minimum atomic E-state index is -0.832. The molecule has 0 aliphatic carbocycles.